The van der Waals surface area contributed by atoms with E-state index >= 15 is 0 Å². The second-order valence-electron chi connectivity index (χ2n) is 7.63. The molecule has 1 aliphatic heterocycles. The van der Waals surface area contributed by atoms with Gasteiger partial charge in [0.2, 0.25) is 5.91 Å². The minimum Gasteiger partial charge on any atom is -0.329 e. The molecule has 1 aromatic heterocycles. The van der Waals surface area contributed by atoms with Crippen molar-refractivity contribution >= 4 is 23.3 Å². The molecule has 2 aromatic rings. The zero-order valence-electron chi connectivity index (χ0n) is 16.0. The van der Waals surface area contributed by atoms with Crippen molar-refractivity contribution in [3.8, 4) is 0 Å². The molecule has 0 aliphatic carbocycles. The number of para-hydroxylation sites is 1. The summed E-state index contributed by atoms with van der Waals surface area (Å²) < 4.78 is 0. The molecule has 0 atom stereocenters. The van der Waals surface area contributed by atoms with Gasteiger partial charge >= 0.3 is 6.03 Å². The number of amides is 3. The molecule has 1 aromatic carbocycles. The highest BCUT2D eigenvalue weighted by Crippen LogP contribution is 2.26. The van der Waals surface area contributed by atoms with Gasteiger partial charge in [-0.25, -0.2) is 14.8 Å². The molecule has 2 heterocycles. The number of hydrogen-bond donors (Lipinski definition) is 2. The molecule has 27 heavy (non-hydrogen) atoms. The number of fused-ring (bicyclic) bond motifs is 1. The van der Waals surface area contributed by atoms with Gasteiger partial charge in [0.05, 0.1) is 24.6 Å². The molecule has 0 radical (unpaired) electrons. The highest BCUT2D eigenvalue weighted by molar-refractivity contribution is 5.99. The van der Waals surface area contributed by atoms with Gasteiger partial charge in [0.15, 0.2) is 0 Å². The van der Waals surface area contributed by atoms with E-state index in [0.29, 0.717) is 18.1 Å². The fourth-order valence-corrected chi connectivity index (χ4v) is 3.00. The van der Waals surface area contributed by atoms with Crippen molar-refractivity contribution in [3.63, 3.8) is 0 Å². The SMILES string of the molecule is CC(C)(C)c1ncc(NC(=O)NCC(=O)N2CCCc3ccccc32)cn1. The number of nitrogens with zero attached hydrogens (tertiary/aromatic N) is 3. The van der Waals surface area contributed by atoms with Crippen LogP contribution in [-0.2, 0) is 16.6 Å². The Kier molecular flexibility index (Phi) is 5.39. The number of aryl methyl sites for hydroxylation is 1. The smallest absolute Gasteiger partial charge is 0.319 e. The van der Waals surface area contributed by atoms with Crippen molar-refractivity contribution < 1.29 is 9.59 Å². The van der Waals surface area contributed by atoms with E-state index in [0.717, 1.165) is 24.1 Å². The van der Waals surface area contributed by atoms with Gasteiger partial charge in [-0.2, -0.15) is 0 Å². The van der Waals surface area contributed by atoms with Crippen molar-refractivity contribution in [2.45, 2.75) is 39.0 Å². The van der Waals surface area contributed by atoms with Crippen LogP contribution in [0.2, 0.25) is 0 Å². The van der Waals surface area contributed by atoms with E-state index in [1.54, 1.807) is 17.3 Å². The number of anilines is 2. The predicted molar refractivity (Wildman–Crippen MR) is 105 cm³/mol. The molecule has 1 aliphatic rings. The van der Waals surface area contributed by atoms with Crippen LogP contribution < -0.4 is 15.5 Å². The Labute approximate surface area is 159 Å². The molecular weight excluding hydrogens is 342 g/mol. The third-order valence-electron chi connectivity index (χ3n) is 4.39. The van der Waals surface area contributed by atoms with Gasteiger partial charge in [0.1, 0.15) is 5.82 Å². The standard InChI is InChI=1S/C20H25N5O2/c1-20(2,3)18-21-11-15(12-22-18)24-19(27)23-13-17(26)25-10-6-8-14-7-4-5-9-16(14)25/h4-5,7,9,11-12H,6,8,10,13H2,1-3H3,(H2,23,24,27). The first-order valence-electron chi connectivity index (χ1n) is 9.10. The molecule has 0 saturated heterocycles. The van der Waals surface area contributed by atoms with Gasteiger partial charge in [-0.05, 0) is 24.5 Å². The fourth-order valence-electron chi connectivity index (χ4n) is 3.00. The van der Waals surface area contributed by atoms with Gasteiger partial charge in [-0.1, -0.05) is 39.0 Å². The van der Waals surface area contributed by atoms with Crippen LogP contribution in [0.4, 0.5) is 16.2 Å². The van der Waals surface area contributed by atoms with Gasteiger partial charge < -0.3 is 15.5 Å². The van der Waals surface area contributed by atoms with Crippen LogP contribution in [0.1, 0.15) is 38.6 Å². The fraction of sp³-hybridized carbons (Fsp3) is 0.400. The zero-order valence-corrected chi connectivity index (χ0v) is 16.0. The summed E-state index contributed by atoms with van der Waals surface area (Å²) in [5, 5.41) is 5.26. The van der Waals surface area contributed by atoms with Gasteiger partial charge in [0.25, 0.3) is 0 Å². The molecule has 3 rings (SSSR count). The summed E-state index contributed by atoms with van der Waals surface area (Å²) in [7, 11) is 0. The van der Waals surface area contributed by atoms with Crippen LogP contribution >= 0.6 is 0 Å². The normalized spacial score (nSPS) is 13.7. The Bertz CT molecular complexity index is 827. The van der Waals surface area contributed by atoms with Gasteiger partial charge in [-0.15, -0.1) is 0 Å². The number of rotatable bonds is 3. The summed E-state index contributed by atoms with van der Waals surface area (Å²) >= 11 is 0. The number of benzene rings is 1. The van der Waals surface area contributed by atoms with Crippen molar-refractivity contribution in [1.82, 2.24) is 15.3 Å². The van der Waals surface area contributed by atoms with Crippen molar-refractivity contribution in [2.75, 3.05) is 23.3 Å². The van der Waals surface area contributed by atoms with E-state index in [1.807, 2.05) is 45.0 Å². The lowest BCUT2D eigenvalue weighted by atomic mass is 9.96. The molecule has 0 saturated carbocycles. The number of carbonyl (C=O) groups is 2. The average Bonchev–Trinajstić information content (AvgIpc) is 2.65. The number of nitrogens with one attached hydrogen (secondary N) is 2. The molecule has 7 nitrogen and oxygen atoms in total. The van der Waals surface area contributed by atoms with Gasteiger partial charge in [0, 0.05) is 17.6 Å². The summed E-state index contributed by atoms with van der Waals surface area (Å²) in [4.78, 5) is 34.9. The maximum absolute atomic E-state index is 12.5. The van der Waals surface area contributed by atoms with Crippen LogP contribution in [0, 0.1) is 0 Å². The average molecular weight is 367 g/mol. The van der Waals surface area contributed by atoms with E-state index in [4.69, 9.17) is 0 Å². The van der Waals surface area contributed by atoms with E-state index in [-0.39, 0.29) is 17.9 Å². The summed E-state index contributed by atoms with van der Waals surface area (Å²) in [6, 6.07) is 7.43. The Morgan fingerprint density at radius 1 is 1.15 bits per heavy atom. The minimum atomic E-state index is -0.458. The van der Waals surface area contributed by atoms with E-state index in [1.165, 1.54) is 0 Å². The first-order valence-corrected chi connectivity index (χ1v) is 9.10. The van der Waals surface area contributed by atoms with Crippen LogP contribution in [0.15, 0.2) is 36.7 Å². The third kappa shape index (κ3) is 4.61. The van der Waals surface area contributed by atoms with Gasteiger partial charge in [-0.3, -0.25) is 4.79 Å². The number of aromatic nitrogens is 2. The Morgan fingerprint density at radius 3 is 2.56 bits per heavy atom. The van der Waals surface area contributed by atoms with E-state index < -0.39 is 6.03 Å². The molecule has 0 unspecified atom stereocenters. The predicted octanol–water partition coefficient (Wildman–Crippen LogP) is 2.88. The van der Waals surface area contributed by atoms with Crippen LogP contribution in [0.5, 0.6) is 0 Å². The zero-order chi connectivity index (χ0) is 19.4. The second-order valence-corrected chi connectivity index (χ2v) is 7.63. The molecule has 7 heteroatoms. The molecule has 0 bridgehead atoms. The monoisotopic (exact) mass is 367 g/mol. The number of hydrogen-bond acceptors (Lipinski definition) is 4. The topological polar surface area (TPSA) is 87.2 Å². The Morgan fingerprint density at radius 2 is 1.85 bits per heavy atom. The lowest BCUT2D eigenvalue weighted by Gasteiger charge is -2.29. The van der Waals surface area contributed by atoms with Crippen LogP contribution in [0.25, 0.3) is 0 Å². The van der Waals surface area contributed by atoms with E-state index in [2.05, 4.69) is 20.6 Å². The molecule has 2 N–H and O–H groups in total. The molecule has 3 amide bonds. The summed E-state index contributed by atoms with van der Waals surface area (Å²) in [6.07, 6.45) is 5.02. The molecular formula is C20H25N5O2. The molecule has 142 valence electrons. The van der Waals surface area contributed by atoms with Crippen LogP contribution in [-0.4, -0.2) is 35.0 Å². The largest absolute Gasteiger partial charge is 0.329 e. The minimum absolute atomic E-state index is 0.0684. The summed E-state index contributed by atoms with van der Waals surface area (Å²) in [5.74, 6) is 0.573. The third-order valence-corrected chi connectivity index (χ3v) is 4.39. The molecule has 0 spiro atoms. The summed E-state index contributed by atoms with van der Waals surface area (Å²) in [6.45, 7) is 6.66. The van der Waals surface area contributed by atoms with Crippen molar-refractivity contribution in [3.05, 3.63) is 48.0 Å². The highest BCUT2D eigenvalue weighted by atomic mass is 16.2. The maximum atomic E-state index is 12.5. The molecule has 0 fully saturated rings. The van der Waals surface area contributed by atoms with Crippen molar-refractivity contribution in [1.29, 1.82) is 0 Å². The Hall–Kier alpha value is -2.96. The maximum Gasteiger partial charge on any atom is 0.319 e. The second kappa shape index (κ2) is 7.73. The lowest BCUT2D eigenvalue weighted by Crippen LogP contribution is -2.43. The summed E-state index contributed by atoms with van der Waals surface area (Å²) in [5.41, 5.74) is 2.42. The lowest BCUT2D eigenvalue weighted by molar-refractivity contribution is -0.117. The van der Waals surface area contributed by atoms with E-state index in [9.17, 15) is 9.59 Å². The number of urea groups is 1. The van der Waals surface area contributed by atoms with Crippen molar-refractivity contribution in [2.24, 2.45) is 0 Å². The Balaban J connectivity index is 1.54. The quantitative estimate of drug-likeness (QED) is 0.873. The highest BCUT2D eigenvalue weighted by Gasteiger charge is 2.22. The number of carbonyl (C=O) groups excluding carboxylic acids is 2. The first kappa shape index (κ1) is 18.8. The first-order chi connectivity index (χ1) is 12.8. The van der Waals surface area contributed by atoms with Crippen LogP contribution in [0.3, 0.4) is 0 Å².